The average molecular weight is 279 g/mol. The lowest BCUT2D eigenvalue weighted by Crippen LogP contribution is -2.27. The van der Waals surface area contributed by atoms with Crippen molar-refractivity contribution < 1.29 is 9.13 Å². The Bertz CT molecular complexity index is 412. The van der Waals surface area contributed by atoms with Crippen LogP contribution in [0.4, 0.5) is 4.39 Å². The van der Waals surface area contributed by atoms with Crippen LogP contribution in [0.25, 0.3) is 0 Å². The molecular formula is C17H26FNO. The van der Waals surface area contributed by atoms with Gasteiger partial charge in [0.1, 0.15) is 5.82 Å². The minimum Gasteiger partial charge on any atom is -0.379 e. The molecule has 1 saturated carbocycles. The van der Waals surface area contributed by atoms with Gasteiger partial charge in [0.15, 0.2) is 0 Å². The summed E-state index contributed by atoms with van der Waals surface area (Å²) in [4.78, 5) is 0. The van der Waals surface area contributed by atoms with Crippen molar-refractivity contribution in [1.82, 2.24) is 5.32 Å². The van der Waals surface area contributed by atoms with Crippen LogP contribution in [0.5, 0.6) is 0 Å². The highest BCUT2D eigenvalue weighted by Crippen LogP contribution is 2.28. The van der Waals surface area contributed by atoms with E-state index in [2.05, 4.69) is 19.2 Å². The second kappa shape index (κ2) is 6.68. The molecular weight excluding hydrogens is 253 g/mol. The van der Waals surface area contributed by atoms with Gasteiger partial charge in [-0.3, -0.25) is 0 Å². The number of benzene rings is 1. The molecule has 0 spiro atoms. The topological polar surface area (TPSA) is 21.3 Å². The molecule has 0 heterocycles. The van der Waals surface area contributed by atoms with E-state index in [9.17, 15) is 4.39 Å². The van der Waals surface area contributed by atoms with Crippen molar-refractivity contribution >= 4 is 0 Å². The van der Waals surface area contributed by atoms with E-state index in [1.165, 1.54) is 18.4 Å². The molecule has 0 aliphatic heterocycles. The third-order valence-electron chi connectivity index (χ3n) is 4.22. The highest BCUT2D eigenvalue weighted by molar-refractivity contribution is 5.21. The molecule has 1 aliphatic carbocycles. The van der Waals surface area contributed by atoms with Crippen molar-refractivity contribution in [2.45, 2.75) is 57.1 Å². The van der Waals surface area contributed by atoms with E-state index >= 15 is 0 Å². The van der Waals surface area contributed by atoms with Crippen molar-refractivity contribution in [2.75, 3.05) is 13.7 Å². The number of hydrogen-bond acceptors (Lipinski definition) is 2. The molecule has 112 valence electrons. The Morgan fingerprint density at radius 2 is 1.95 bits per heavy atom. The molecule has 0 bridgehead atoms. The molecule has 1 unspecified atom stereocenters. The smallest absolute Gasteiger partial charge is 0.123 e. The maximum atomic E-state index is 13.1. The van der Waals surface area contributed by atoms with Gasteiger partial charge in [-0.1, -0.05) is 12.1 Å². The Morgan fingerprint density at radius 1 is 1.30 bits per heavy atom. The average Bonchev–Trinajstić information content (AvgIpc) is 3.24. The summed E-state index contributed by atoms with van der Waals surface area (Å²) in [7, 11) is 1.76. The number of halogens is 1. The standard InChI is InChI=1S/C17H26FNO/c1-17(2,20-3)11-10-14(12-19-16-8-9-16)13-4-6-15(18)7-5-13/h4-7,14,16,19H,8-12H2,1-3H3. The molecule has 1 aliphatic rings. The maximum Gasteiger partial charge on any atom is 0.123 e. The number of hydrogen-bond donors (Lipinski definition) is 1. The van der Waals surface area contributed by atoms with E-state index in [4.69, 9.17) is 4.74 Å². The van der Waals surface area contributed by atoms with Crippen molar-refractivity contribution in [3.8, 4) is 0 Å². The normalized spacial score (nSPS) is 17.2. The monoisotopic (exact) mass is 279 g/mol. The van der Waals surface area contributed by atoms with Gasteiger partial charge in [-0.25, -0.2) is 4.39 Å². The van der Waals surface area contributed by atoms with E-state index in [1.54, 1.807) is 19.2 Å². The Labute approximate surface area is 121 Å². The second-order valence-electron chi connectivity index (χ2n) is 6.43. The fraction of sp³-hybridized carbons (Fsp3) is 0.647. The molecule has 20 heavy (non-hydrogen) atoms. The zero-order valence-corrected chi connectivity index (χ0v) is 12.8. The summed E-state index contributed by atoms with van der Waals surface area (Å²) < 4.78 is 18.6. The third-order valence-corrected chi connectivity index (χ3v) is 4.22. The van der Waals surface area contributed by atoms with Gasteiger partial charge in [-0.2, -0.15) is 0 Å². The molecule has 1 aromatic rings. The lowest BCUT2D eigenvalue weighted by Gasteiger charge is -2.26. The Hall–Kier alpha value is -0.930. The van der Waals surface area contributed by atoms with Gasteiger partial charge in [0, 0.05) is 19.7 Å². The minimum absolute atomic E-state index is 0.0993. The van der Waals surface area contributed by atoms with Crippen LogP contribution < -0.4 is 5.32 Å². The summed E-state index contributed by atoms with van der Waals surface area (Å²) >= 11 is 0. The zero-order chi connectivity index (χ0) is 14.6. The molecule has 0 radical (unpaired) electrons. The van der Waals surface area contributed by atoms with Crippen LogP contribution in [0.2, 0.25) is 0 Å². The van der Waals surface area contributed by atoms with Crippen LogP contribution in [0.3, 0.4) is 0 Å². The fourth-order valence-corrected chi connectivity index (χ4v) is 2.34. The van der Waals surface area contributed by atoms with Crippen LogP contribution in [0.15, 0.2) is 24.3 Å². The molecule has 0 aromatic heterocycles. The van der Waals surface area contributed by atoms with Crippen LogP contribution in [0, 0.1) is 5.82 Å². The first-order chi connectivity index (χ1) is 9.50. The summed E-state index contributed by atoms with van der Waals surface area (Å²) in [5, 5.41) is 3.59. The lowest BCUT2D eigenvalue weighted by molar-refractivity contribution is 0.0124. The van der Waals surface area contributed by atoms with Gasteiger partial charge in [0.25, 0.3) is 0 Å². The summed E-state index contributed by atoms with van der Waals surface area (Å²) in [6, 6.07) is 7.64. The predicted octanol–water partition coefficient (Wildman–Crippen LogP) is 3.87. The van der Waals surface area contributed by atoms with Gasteiger partial charge in [-0.05, 0) is 63.1 Å². The summed E-state index contributed by atoms with van der Waals surface area (Å²) in [6.07, 6.45) is 4.63. The van der Waals surface area contributed by atoms with Crippen LogP contribution in [-0.4, -0.2) is 25.3 Å². The summed E-state index contributed by atoms with van der Waals surface area (Å²) in [5.74, 6) is 0.255. The van der Waals surface area contributed by atoms with Crippen molar-refractivity contribution in [2.24, 2.45) is 0 Å². The molecule has 1 atom stereocenters. The summed E-state index contributed by atoms with van der Waals surface area (Å²) in [5.41, 5.74) is 1.11. The first kappa shape index (κ1) is 15.5. The zero-order valence-electron chi connectivity index (χ0n) is 12.8. The SMILES string of the molecule is COC(C)(C)CCC(CNC1CC1)c1ccc(F)cc1. The number of methoxy groups -OCH3 is 1. The first-order valence-electron chi connectivity index (χ1n) is 7.54. The Kier molecular flexibility index (Phi) is 5.17. The van der Waals surface area contributed by atoms with Crippen molar-refractivity contribution in [1.29, 1.82) is 0 Å². The van der Waals surface area contributed by atoms with Gasteiger partial charge in [-0.15, -0.1) is 0 Å². The molecule has 1 aromatic carbocycles. The Morgan fingerprint density at radius 3 is 2.50 bits per heavy atom. The van der Waals surface area contributed by atoms with E-state index in [1.807, 2.05) is 12.1 Å². The van der Waals surface area contributed by atoms with Crippen molar-refractivity contribution in [3.05, 3.63) is 35.6 Å². The molecule has 0 amide bonds. The van der Waals surface area contributed by atoms with Gasteiger partial charge in [0.05, 0.1) is 5.60 Å². The Balaban J connectivity index is 1.97. The lowest BCUT2D eigenvalue weighted by atomic mass is 9.89. The van der Waals surface area contributed by atoms with E-state index < -0.39 is 0 Å². The molecule has 0 saturated heterocycles. The first-order valence-corrected chi connectivity index (χ1v) is 7.54. The number of ether oxygens (including phenoxy) is 1. The van der Waals surface area contributed by atoms with Gasteiger partial charge in [0.2, 0.25) is 0 Å². The van der Waals surface area contributed by atoms with Crippen LogP contribution in [-0.2, 0) is 4.74 Å². The van der Waals surface area contributed by atoms with Crippen LogP contribution in [0.1, 0.15) is 51.0 Å². The predicted molar refractivity (Wildman–Crippen MR) is 80.5 cm³/mol. The molecule has 1 fully saturated rings. The number of nitrogens with one attached hydrogen (secondary N) is 1. The molecule has 2 rings (SSSR count). The highest BCUT2D eigenvalue weighted by atomic mass is 19.1. The van der Waals surface area contributed by atoms with E-state index in [0.717, 1.165) is 19.4 Å². The minimum atomic E-state index is -0.167. The third kappa shape index (κ3) is 4.88. The van der Waals surface area contributed by atoms with E-state index in [-0.39, 0.29) is 11.4 Å². The largest absolute Gasteiger partial charge is 0.379 e. The fourth-order valence-electron chi connectivity index (χ4n) is 2.34. The molecule has 3 heteroatoms. The molecule has 1 N–H and O–H groups in total. The highest BCUT2D eigenvalue weighted by Gasteiger charge is 2.24. The van der Waals surface area contributed by atoms with Gasteiger partial charge >= 0.3 is 0 Å². The maximum absolute atomic E-state index is 13.1. The quantitative estimate of drug-likeness (QED) is 0.780. The number of rotatable bonds is 8. The van der Waals surface area contributed by atoms with Crippen molar-refractivity contribution in [3.63, 3.8) is 0 Å². The molecule has 2 nitrogen and oxygen atoms in total. The van der Waals surface area contributed by atoms with E-state index in [0.29, 0.717) is 12.0 Å². The second-order valence-corrected chi connectivity index (χ2v) is 6.43. The summed E-state index contributed by atoms with van der Waals surface area (Å²) in [6.45, 7) is 5.20. The van der Waals surface area contributed by atoms with Crippen LogP contribution >= 0.6 is 0 Å². The van der Waals surface area contributed by atoms with Gasteiger partial charge < -0.3 is 10.1 Å².